The first-order chi connectivity index (χ1) is 25.7. The average molecular weight is 847 g/mol. The molecule has 4 aromatic rings. The third-order valence-electron chi connectivity index (χ3n) is 7.04. The first-order valence-electron chi connectivity index (χ1n) is 14.5. The van der Waals surface area contributed by atoms with Crippen LogP contribution in [0.25, 0.3) is 23.3 Å². The van der Waals surface area contributed by atoms with Crippen LogP contribution in [0.1, 0.15) is 53.4 Å². The van der Waals surface area contributed by atoms with Crippen LogP contribution in [0.3, 0.4) is 0 Å². The Kier molecular flexibility index (Phi) is 17.6. The number of rotatable bonds is 7. The predicted octanol–water partition coefficient (Wildman–Crippen LogP) is 10.8. The minimum absolute atomic E-state index is 0. The minimum atomic E-state index is -4.89. The van der Waals surface area contributed by atoms with Crippen molar-refractivity contribution in [2.24, 2.45) is 0 Å². The van der Waals surface area contributed by atoms with Crippen LogP contribution in [0.4, 0.5) is 64.1 Å². The molecule has 0 unspecified atom stereocenters. The number of nitro groups is 1. The van der Waals surface area contributed by atoms with Crippen LogP contribution in [0.2, 0.25) is 0 Å². The van der Waals surface area contributed by atoms with Crippen molar-refractivity contribution in [1.29, 1.82) is 11.1 Å². The van der Waals surface area contributed by atoms with Crippen LogP contribution in [0, 0.1) is 21.2 Å². The zero-order valence-corrected chi connectivity index (χ0v) is 27.8. The number of alkyl halides is 12. The van der Waals surface area contributed by atoms with Gasteiger partial charge in [-0.1, -0.05) is 37.8 Å². The molecule has 8 N–H and O–H groups in total. The van der Waals surface area contributed by atoms with E-state index in [-0.39, 0.29) is 37.1 Å². The number of carbonyl (C=O) groups is 2. The van der Waals surface area contributed by atoms with E-state index in [2.05, 4.69) is 0 Å². The van der Waals surface area contributed by atoms with Gasteiger partial charge in [0.15, 0.2) is 0 Å². The lowest BCUT2D eigenvalue weighted by molar-refractivity contribution is -0.385. The number of nitrogens with one attached hydrogen (secondary N) is 2. The van der Waals surface area contributed by atoms with Crippen LogP contribution in [-0.2, 0) is 34.3 Å². The summed E-state index contributed by atoms with van der Waals surface area (Å²) in [5, 5.41) is 29.7. The van der Waals surface area contributed by atoms with Crippen molar-refractivity contribution in [2.45, 2.75) is 32.1 Å². The van der Waals surface area contributed by atoms with E-state index in [1.807, 2.05) is 0 Å². The summed E-state index contributed by atoms with van der Waals surface area (Å²) in [5.41, 5.74) is 7.80. The maximum Gasteiger partial charge on any atom is 0.416 e. The second kappa shape index (κ2) is 19.9. The van der Waals surface area contributed by atoms with Crippen LogP contribution < -0.4 is 5.73 Å². The first kappa shape index (κ1) is 51.2. The molecule has 0 aliphatic carbocycles. The van der Waals surface area contributed by atoms with Crippen LogP contribution in [0.5, 0.6) is 0 Å². The van der Waals surface area contributed by atoms with Gasteiger partial charge in [-0.25, -0.2) is 20.7 Å². The van der Waals surface area contributed by atoms with Crippen molar-refractivity contribution in [1.82, 2.24) is 0 Å². The molecule has 0 bridgehead atoms. The number of halogens is 12. The van der Waals surface area contributed by atoms with E-state index in [9.17, 15) is 82.6 Å². The zero-order valence-electron chi connectivity index (χ0n) is 27.8. The van der Waals surface area contributed by atoms with Crippen molar-refractivity contribution in [3.05, 3.63) is 140 Å². The van der Waals surface area contributed by atoms with Gasteiger partial charge in [-0.05, 0) is 71.8 Å². The van der Waals surface area contributed by atoms with Crippen molar-refractivity contribution >= 4 is 46.6 Å². The number of carboxylic acid groups (broad SMARTS) is 2. The topological polar surface area (TPSA) is 223 Å². The number of anilines is 1. The molecule has 0 aliphatic rings. The van der Waals surface area contributed by atoms with E-state index in [1.54, 1.807) is 0 Å². The number of nitrogens with zero attached hydrogens (tertiary/aromatic N) is 1. The Morgan fingerprint density at radius 2 is 0.879 bits per heavy atom. The summed E-state index contributed by atoms with van der Waals surface area (Å²) in [4.78, 5) is 32.9. The van der Waals surface area contributed by atoms with Gasteiger partial charge in [0.1, 0.15) is 0 Å². The fourth-order valence-electron chi connectivity index (χ4n) is 4.45. The molecule has 58 heavy (non-hydrogen) atoms. The van der Waals surface area contributed by atoms with Gasteiger partial charge in [0.2, 0.25) is 0 Å². The molecule has 23 heteroatoms. The fraction of sp³-hybridized carbons (Fsp3) is 0.143. The van der Waals surface area contributed by atoms with Gasteiger partial charge in [-0.15, -0.1) is 0 Å². The number of aliphatic carboxylic acids is 2. The molecule has 4 aromatic carbocycles. The molecule has 0 heterocycles. The maximum absolute atomic E-state index is 12.8. The Morgan fingerprint density at radius 3 is 1.17 bits per heavy atom. The molecular formula is C35H30F12N4O7. The van der Waals surface area contributed by atoms with Crippen molar-refractivity contribution < 1.29 is 84.3 Å². The fourth-order valence-corrected chi connectivity index (χ4v) is 4.45. The number of nitrogen functional groups attached to an aromatic ring is 1. The van der Waals surface area contributed by atoms with E-state index in [0.717, 1.165) is 54.6 Å². The molecule has 0 saturated carbocycles. The monoisotopic (exact) mass is 846 g/mol. The minimum Gasteiger partial charge on any atom is -0.478 e. The Bertz CT molecular complexity index is 2140. The van der Waals surface area contributed by atoms with Crippen LogP contribution in [0.15, 0.2) is 84.9 Å². The molecule has 4 rings (SSSR count). The van der Waals surface area contributed by atoms with Crippen molar-refractivity contribution in [3.63, 3.8) is 0 Å². The van der Waals surface area contributed by atoms with Gasteiger partial charge in [-0.3, -0.25) is 10.1 Å². The highest BCUT2D eigenvalue weighted by Crippen LogP contribution is 2.37. The van der Waals surface area contributed by atoms with Gasteiger partial charge in [0, 0.05) is 18.7 Å². The lowest BCUT2D eigenvalue weighted by Gasteiger charge is -2.12. The number of nitro benzene ring substituents is 1. The van der Waals surface area contributed by atoms with E-state index >= 15 is 0 Å². The second-order valence-electron chi connectivity index (χ2n) is 10.8. The highest BCUT2D eigenvalue weighted by molar-refractivity contribution is 6.22. The van der Waals surface area contributed by atoms with Crippen molar-refractivity contribution in [2.75, 3.05) is 5.73 Å². The van der Waals surface area contributed by atoms with Crippen molar-refractivity contribution in [3.8, 4) is 0 Å². The van der Waals surface area contributed by atoms with E-state index in [1.165, 1.54) is 0 Å². The number of nitrogens with two attached hydrogens (primary N) is 1. The van der Waals surface area contributed by atoms with E-state index in [0.29, 0.717) is 36.4 Å². The third-order valence-corrected chi connectivity index (χ3v) is 7.04. The predicted molar refractivity (Wildman–Crippen MR) is 186 cm³/mol. The normalized spacial score (nSPS) is 12.0. The summed E-state index contributed by atoms with van der Waals surface area (Å²) in [7, 11) is 0. The second-order valence-corrected chi connectivity index (χ2v) is 10.8. The molecule has 0 aromatic heterocycles. The number of carboxylic acids is 2. The summed E-state index contributed by atoms with van der Waals surface area (Å²) in [6.07, 6.45) is -16.8. The van der Waals surface area contributed by atoms with E-state index < -0.39 is 91.9 Å². The molecular weight excluding hydrogens is 816 g/mol. The maximum atomic E-state index is 12.8. The smallest absolute Gasteiger partial charge is 0.416 e. The number of hydrogen-bond acceptors (Lipinski definition) is 7. The largest absolute Gasteiger partial charge is 0.478 e. The standard InChI is InChI=1S/C17H9F6NO4.C17H11F6NO2.CH4.H2N2.H2O.H2/c18-16(19,20)10-3-1-9(2-4-10)7-13(15(25)26)12-6-5-11(17(21,22)23)8-14(12)24(27)28;18-16(19,20)10-3-1-9(2-4-10)7-13(15(25)26)12-6-5-11(8-14(12)24)17(21,22)23;;1-2;;/h1-8H,(H,25,26);1-8H,24H2,(H,25,26);1H4;1-2H;1H2;1H/b2*13-7+;;;;. The Hall–Kier alpha value is -6.78. The molecule has 0 saturated heterocycles. The van der Waals surface area contributed by atoms with Crippen LogP contribution in [-0.4, -0.2) is 32.6 Å². The average Bonchev–Trinajstić information content (AvgIpc) is 3.09. The summed E-state index contributed by atoms with van der Waals surface area (Å²) in [6, 6.07) is 10.3. The first-order valence-corrected chi connectivity index (χ1v) is 14.5. The lowest BCUT2D eigenvalue weighted by atomic mass is 9.98. The highest BCUT2D eigenvalue weighted by Gasteiger charge is 2.35. The summed E-state index contributed by atoms with van der Waals surface area (Å²) >= 11 is 0. The van der Waals surface area contributed by atoms with Gasteiger partial charge < -0.3 is 21.4 Å². The molecule has 0 aliphatic heterocycles. The quantitative estimate of drug-likeness (QED) is 0.0230. The Labute approximate surface area is 319 Å². The Morgan fingerprint density at radius 1 is 0.586 bits per heavy atom. The van der Waals surface area contributed by atoms with Gasteiger partial charge in [0.05, 0.1) is 43.9 Å². The van der Waals surface area contributed by atoms with E-state index in [4.69, 9.17) is 16.8 Å². The number of benzene rings is 4. The lowest BCUT2D eigenvalue weighted by Crippen LogP contribution is -2.08. The molecule has 316 valence electrons. The highest BCUT2D eigenvalue weighted by atomic mass is 19.4. The van der Waals surface area contributed by atoms with Gasteiger partial charge in [0.25, 0.3) is 5.69 Å². The van der Waals surface area contributed by atoms with Gasteiger partial charge >= 0.3 is 36.6 Å². The number of hydrogen-bond donors (Lipinski definition) is 5. The molecule has 0 spiro atoms. The third kappa shape index (κ3) is 13.8. The molecule has 0 amide bonds. The van der Waals surface area contributed by atoms with Crippen LogP contribution >= 0.6 is 0 Å². The molecule has 0 radical (unpaired) electrons. The summed E-state index contributed by atoms with van der Waals surface area (Å²) in [5.74, 6) is -3.20. The molecule has 0 atom stereocenters. The molecule has 0 fully saturated rings. The Balaban J connectivity index is 0. The van der Waals surface area contributed by atoms with Gasteiger partial charge in [-0.2, -0.15) is 52.7 Å². The summed E-state index contributed by atoms with van der Waals surface area (Å²) < 4.78 is 152. The summed E-state index contributed by atoms with van der Waals surface area (Å²) in [6.45, 7) is 0. The molecule has 11 nitrogen and oxygen atoms in total. The SMILES string of the molecule is C.N=N.Nc1cc(C(F)(F)F)ccc1/C(=C\c1ccc(C(F)(F)F)cc1)C(=O)O.O.O=C(O)/C(=C/c1ccc(C(F)(F)F)cc1)c1ccc(C(F)(F)F)cc1[N+](=O)[O-].[HH]. The zero-order chi connectivity index (χ0) is 43.0.